The molecule has 0 radical (unpaired) electrons. The standard InChI is InChI=1S/C20H35N3O2/c1-2-11-21-19(24)18(16-7-3-4-8-16)22-12-14-23(15-13-22)20(25)17-9-5-6-10-17/h16-18H,2-15H2,1H3,(H,21,24). The highest BCUT2D eigenvalue weighted by Gasteiger charge is 2.38. The van der Waals surface area contributed by atoms with Crippen LogP contribution in [-0.4, -0.2) is 60.4 Å². The van der Waals surface area contributed by atoms with E-state index in [4.69, 9.17) is 0 Å². The fourth-order valence-corrected chi connectivity index (χ4v) is 4.96. The second-order valence-electron chi connectivity index (χ2n) is 8.12. The third kappa shape index (κ3) is 4.55. The van der Waals surface area contributed by atoms with E-state index >= 15 is 0 Å². The number of amides is 2. The van der Waals surface area contributed by atoms with E-state index in [9.17, 15) is 9.59 Å². The van der Waals surface area contributed by atoms with Gasteiger partial charge in [0.15, 0.2) is 0 Å². The van der Waals surface area contributed by atoms with Gasteiger partial charge in [0.25, 0.3) is 0 Å². The summed E-state index contributed by atoms with van der Waals surface area (Å²) in [4.78, 5) is 29.8. The van der Waals surface area contributed by atoms with Gasteiger partial charge in [0.2, 0.25) is 11.8 Å². The normalized spacial score (nSPS) is 24.6. The predicted octanol–water partition coefficient (Wildman–Crippen LogP) is 2.41. The number of nitrogens with zero attached hydrogens (tertiary/aromatic N) is 2. The zero-order chi connectivity index (χ0) is 17.6. The van der Waals surface area contributed by atoms with E-state index in [0.717, 1.165) is 52.0 Å². The lowest BCUT2D eigenvalue weighted by Crippen LogP contribution is -2.58. The molecule has 2 aliphatic carbocycles. The fraction of sp³-hybridized carbons (Fsp3) is 0.900. The van der Waals surface area contributed by atoms with E-state index in [2.05, 4.69) is 22.0 Å². The van der Waals surface area contributed by atoms with Gasteiger partial charge >= 0.3 is 0 Å². The number of hydrogen-bond donors (Lipinski definition) is 1. The maximum Gasteiger partial charge on any atom is 0.237 e. The van der Waals surface area contributed by atoms with Crippen molar-refractivity contribution in [3.8, 4) is 0 Å². The van der Waals surface area contributed by atoms with Crippen molar-refractivity contribution in [2.24, 2.45) is 11.8 Å². The second-order valence-corrected chi connectivity index (χ2v) is 8.12. The molecule has 0 aromatic heterocycles. The minimum absolute atomic E-state index is 0.0118. The van der Waals surface area contributed by atoms with Crippen molar-refractivity contribution >= 4 is 11.8 Å². The zero-order valence-electron chi connectivity index (χ0n) is 15.8. The summed E-state index contributed by atoms with van der Waals surface area (Å²) in [6.45, 7) is 6.14. The van der Waals surface area contributed by atoms with Crippen LogP contribution < -0.4 is 5.32 Å². The van der Waals surface area contributed by atoms with E-state index in [1.165, 1.54) is 38.5 Å². The van der Waals surface area contributed by atoms with Crippen LogP contribution in [0.3, 0.4) is 0 Å². The summed E-state index contributed by atoms with van der Waals surface area (Å²) in [7, 11) is 0. The van der Waals surface area contributed by atoms with Gasteiger partial charge in [0.1, 0.15) is 0 Å². The van der Waals surface area contributed by atoms with Gasteiger partial charge < -0.3 is 10.2 Å². The molecule has 1 unspecified atom stereocenters. The van der Waals surface area contributed by atoms with Crippen molar-refractivity contribution in [1.82, 2.24) is 15.1 Å². The Morgan fingerprint density at radius 2 is 1.56 bits per heavy atom. The van der Waals surface area contributed by atoms with Crippen LogP contribution in [0.5, 0.6) is 0 Å². The van der Waals surface area contributed by atoms with Crippen molar-refractivity contribution in [3.63, 3.8) is 0 Å². The topological polar surface area (TPSA) is 52.7 Å². The molecule has 25 heavy (non-hydrogen) atoms. The quantitative estimate of drug-likeness (QED) is 0.801. The van der Waals surface area contributed by atoms with Gasteiger partial charge in [-0.15, -0.1) is 0 Å². The van der Waals surface area contributed by atoms with E-state index < -0.39 is 0 Å². The van der Waals surface area contributed by atoms with Gasteiger partial charge in [-0.25, -0.2) is 0 Å². The number of hydrogen-bond acceptors (Lipinski definition) is 3. The molecular formula is C20H35N3O2. The van der Waals surface area contributed by atoms with Crippen molar-refractivity contribution in [2.45, 2.75) is 70.8 Å². The molecule has 1 atom stereocenters. The SMILES string of the molecule is CCCNC(=O)C(C1CCCC1)N1CCN(C(=O)C2CCCC2)CC1. The average Bonchev–Trinajstić information content (AvgIpc) is 3.34. The summed E-state index contributed by atoms with van der Waals surface area (Å²) in [5.41, 5.74) is 0. The Morgan fingerprint density at radius 3 is 2.16 bits per heavy atom. The summed E-state index contributed by atoms with van der Waals surface area (Å²) in [5, 5.41) is 3.12. The van der Waals surface area contributed by atoms with Crippen LogP contribution in [0.1, 0.15) is 64.7 Å². The van der Waals surface area contributed by atoms with Crippen LogP contribution in [0, 0.1) is 11.8 Å². The van der Waals surface area contributed by atoms with Crippen molar-refractivity contribution in [1.29, 1.82) is 0 Å². The summed E-state index contributed by atoms with van der Waals surface area (Å²) >= 11 is 0. The number of piperazine rings is 1. The lowest BCUT2D eigenvalue weighted by molar-refractivity contribution is -0.138. The molecule has 0 bridgehead atoms. The molecule has 5 heteroatoms. The minimum Gasteiger partial charge on any atom is -0.355 e. The van der Waals surface area contributed by atoms with Crippen LogP contribution in [0.15, 0.2) is 0 Å². The molecule has 3 rings (SSSR count). The number of rotatable bonds is 6. The summed E-state index contributed by atoms with van der Waals surface area (Å²) < 4.78 is 0. The van der Waals surface area contributed by atoms with Gasteiger partial charge in [-0.05, 0) is 38.0 Å². The molecule has 0 aromatic rings. The molecule has 2 saturated carbocycles. The summed E-state index contributed by atoms with van der Waals surface area (Å²) in [6, 6.07) is 0.0118. The van der Waals surface area contributed by atoms with E-state index in [-0.39, 0.29) is 17.9 Å². The molecule has 1 saturated heterocycles. The number of carbonyl (C=O) groups is 2. The third-order valence-corrected chi connectivity index (χ3v) is 6.39. The first-order valence-electron chi connectivity index (χ1n) is 10.5. The highest BCUT2D eigenvalue weighted by Crippen LogP contribution is 2.32. The Kier molecular flexibility index (Phi) is 6.74. The molecule has 3 aliphatic rings. The predicted molar refractivity (Wildman–Crippen MR) is 99.2 cm³/mol. The lowest BCUT2D eigenvalue weighted by atomic mass is 9.94. The van der Waals surface area contributed by atoms with Crippen molar-refractivity contribution < 1.29 is 9.59 Å². The molecule has 5 nitrogen and oxygen atoms in total. The maximum atomic E-state index is 12.8. The third-order valence-electron chi connectivity index (χ3n) is 6.39. The summed E-state index contributed by atoms with van der Waals surface area (Å²) in [5.74, 6) is 1.34. The molecular weight excluding hydrogens is 314 g/mol. The van der Waals surface area contributed by atoms with Gasteiger partial charge in [-0.3, -0.25) is 14.5 Å². The van der Waals surface area contributed by atoms with E-state index in [1.807, 2.05) is 0 Å². The number of carbonyl (C=O) groups excluding carboxylic acids is 2. The second kappa shape index (κ2) is 9.02. The Labute approximate surface area is 152 Å². The van der Waals surface area contributed by atoms with E-state index in [1.54, 1.807) is 0 Å². The van der Waals surface area contributed by atoms with Crippen LogP contribution in [0.2, 0.25) is 0 Å². The van der Waals surface area contributed by atoms with Crippen LogP contribution >= 0.6 is 0 Å². The highest BCUT2D eigenvalue weighted by molar-refractivity contribution is 5.82. The fourth-order valence-electron chi connectivity index (χ4n) is 4.96. The first kappa shape index (κ1) is 18.7. The molecule has 1 aliphatic heterocycles. The number of nitrogens with one attached hydrogen (secondary N) is 1. The van der Waals surface area contributed by atoms with Crippen molar-refractivity contribution in [3.05, 3.63) is 0 Å². The highest BCUT2D eigenvalue weighted by atomic mass is 16.2. The summed E-state index contributed by atoms with van der Waals surface area (Å²) in [6.07, 6.45) is 10.4. The van der Waals surface area contributed by atoms with Gasteiger partial charge in [0.05, 0.1) is 6.04 Å². The largest absolute Gasteiger partial charge is 0.355 e. The average molecular weight is 350 g/mol. The van der Waals surface area contributed by atoms with Gasteiger partial charge in [-0.2, -0.15) is 0 Å². The van der Waals surface area contributed by atoms with Crippen LogP contribution in [0.25, 0.3) is 0 Å². The molecule has 0 spiro atoms. The Balaban J connectivity index is 1.57. The van der Waals surface area contributed by atoms with Crippen LogP contribution in [-0.2, 0) is 9.59 Å². The Bertz CT molecular complexity index is 448. The first-order chi connectivity index (χ1) is 12.2. The Hall–Kier alpha value is -1.10. The monoisotopic (exact) mass is 349 g/mol. The zero-order valence-corrected chi connectivity index (χ0v) is 15.8. The van der Waals surface area contributed by atoms with Gasteiger partial charge in [-0.1, -0.05) is 32.6 Å². The molecule has 2 amide bonds. The molecule has 1 heterocycles. The lowest BCUT2D eigenvalue weighted by Gasteiger charge is -2.41. The smallest absolute Gasteiger partial charge is 0.237 e. The maximum absolute atomic E-state index is 12.8. The minimum atomic E-state index is 0.0118. The molecule has 1 N–H and O–H groups in total. The van der Waals surface area contributed by atoms with Gasteiger partial charge in [0, 0.05) is 38.6 Å². The van der Waals surface area contributed by atoms with Crippen molar-refractivity contribution in [2.75, 3.05) is 32.7 Å². The van der Waals surface area contributed by atoms with E-state index in [0.29, 0.717) is 11.8 Å². The Morgan fingerprint density at radius 1 is 0.960 bits per heavy atom. The molecule has 3 fully saturated rings. The molecule has 142 valence electrons. The molecule has 0 aromatic carbocycles. The van der Waals surface area contributed by atoms with Crippen LogP contribution in [0.4, 0.5) is 0 Å². The first-order valence-corrected chi connectivity index (χ1v) is 10.5.